The summed E-state index contributed by atoms with van der Waals surface area (Å²) in [5.41, 5.74) is 4.21. The Balaban J connectivity index is 1.48. The molecular weight excluding hydrogens is 480 g/mol. The predicted octanol–water partition coefficient (Wildman–Crippen LogP) is 11.3. The Morgan fingerprint density at radius 3 is 1.38 bits per heavy atom. The smallest absolute Gasteiger partial charge is 0.0622 e. The third-order valence-corrected chi connectivity index (χ3v) is 7.90. The fourth-order valence-electron chi connectivity index (χ4n) is 6.05. The molecule has 0 amide bonds. The van der Waals surface area contributed by atoms with Gasteiger partial charge in [-0.2, -0.15) is 0 Å². The Bertz CT molecular complexity index is 2340. The number of benzene rings is 8. The third-order valence-electron chi connectivity index (χ3n) is 7.90. The fourth-order valence-corrected chi connectivity index (χ4v) is 6.05. The van der Waals surface area contributed by atoms with Crippen LogP contribution in [0.15, 0.2) is 158 Å². The van der Waals surface area contributed by atoms with Crippen molar-refractivity contribution in [2.45, 2.75) is 0 Å². The van der Waals surface area contributed by atoms with Crippen molar-refractivity contribution in [3.63, 3.8) is 0 Å². The summed E-state index contributed by atoms with van der Waals surface area (Å²) in [6, 6.07) is 44.8. The Morgan fingerprint density at radius 2 is 0.750 bits per heavy atom. The normalized spacial score (nSPS) is 12.9. The zero-order valence-electron chi connectivity index (χ0n) is 25.7. The first-order valence-corrected chi connectivity index (χ1v) is 13.5. The molecule has 186 valence electrons. The van der Waals surface area contributed by atoms with Crippen molar-refractivity contribution in [2.75, 3.05) is 0 Å². The van der Waals surface area contributed by atoms with Crippen LogP contribution in [0.2, 0.25) is 0 Å². The number of fused-ring (bicyclic) bond motifs is 5. The molecule has 0 bridgehead atoms. The van der Waals surface area contributed by atoms with Crippen LogP contribution in [0.4, 0.5) is 0 Å². The molecule has 40 heavy (non-hydrogen) atoms. The minimum Gasteiger partial charge on any atom is -0.0622 e. The maximum absolute atomic E-state index is 9.20. The molecular formula is C40H26. The lowest BCUT2D eigenvalue weighted by Crippen LogP contribution is -1.91. The molecule has 8 aromatic rings. The molecule has 0 nitrogen and oxygen atoms in total. The minimum atomic E-state index is -0.0370. The molecule has 0 N–H and O–H groups in total. The van der Waals surface area contributed by atoms with Crippen LogP contribution in [0.3, 0.4) is 0 Å². The highest BCUT2D eigenvalue weighted by Crippen LogP contribution is 2.44. The Morgan fingerprint density at radius 1 is 0.300 bits per heavy atom. The van der Waals surface area contributed by atoms with Gasteiger partial charge in [0.25, 0.3) is 0 Å². The van der Waals surface area contributed by atoms with Crippen molar-refractivity contribution in [1.29, 1.82) is 0 Å². The second-order valence-electron chi connectivity index (χ2n) is 10.2. The van der Waals surface area contributed by atoms with Crippen molar-refractivity contribution in [3.05, 3.63) is 158 Å². The first-order valence-electron chi connectivity index (χ1n) is 15.5. The van der Waals surface area contributed by atoms with Gasteiger partial charge in [0, 0.05) is 0 Å². The van der Waals surface area contributed by atoms with Gasteiger partial charge in [-0.15, -0.1) is 0 Å². The lowest BCUT2D eigenvalue weighted by atomic mass is 9.85. The summed E-state index contributed by atoms with van der Waals surface area (Å²) in [5.74, 6) is 0. The summed E-state index contributed by atoms with van der Waals surface area (Å²) in [6.07, 6.45) is 0. The SMILES string of the molecule is [2H]c1c([2H])c(-c2c3ccccc3c(-c3ccc4ccc5ccccc5c4c3)c3ccccc23)c([2H])c([2H])c1-c1ccccc1. The summed E-state index contributed by atoms with van der Waals surface area (Å²) in [4.78, 5) is 0. The zero-order valence-corrected chi connectivity index (χ0v) is 21.7. The third kappa shape index (κ3) is 3.61. The largest absolute Gasteiger partial charge is 0.0629 e. The Kier molecular flexibility index (Phi) is 4.37. The molecule has 0 spiro atoms. The molecule has 0 heteroatoms. The minimum absolute atomic E-state index is 0.0363. The quantitative estimate of drug-likeness (QED) is 0.164. The molecule has 0 aromatic heterocycles. The molecule has 0 aliphatic carbocycles. The van der Waals surface area contributed by atoms with Crippen molar-refractivity contribution < 1.29 is 5.48 Å². The monoisotopic (exact) mass is 510 g/mol. The molecule has 0 radical (unpaired) electrons. The van der Waals surface area contributed by atoms with Gasteiger partial charge in [-0.1, -0.05) is 152 Å². The van der Waals surface area contributed by atoms with Crippen LogP contribution in [0.25, 0.3) is 76.5 Å². The van der Waals surface area contributed by atoms with Crippen LogP contribution < -0.4 is 0 Å². The molecule has 0 aliphatic heterocycles. The zero-order chi connectivity index (χ0) is 29.9. The molecule has 0 unspecified atom stereocenters. The van der Waals surface area contributed by atoms with E-state index in [-0.39, 0.29) is 24.2 Å². The van der Waals surface area contributed by atoms with Crippen molar-refractivity contribution in [2.24, 2.45) is 0 Å². The number of rotatable bonds is 3. The fraction of sp³-hybridized carbons (Fsp3) is 0. The van der Waals surface area contributed by atoms with E-state index in [0.717, 1.165) is 38.2 Å². The van der Waals surface area contributed by atoms with Gasteiger partial charge >= 0.3 is 0 Å². The lowest BCUT2D eigenvalue weighted by molar-refractivity contribution is 1.61. The molecule has 0 atom stereocenters. The van der Waals surface area contributed by atoms with E-state index in [1.54, 1.807) is 0 Å². The maximum Gasteiger partial charge on any atom is 0.0629 e. The average molecular weight is 511 g/mol. The average Bonchev–Trinajstić information content (AvgIpc) is 3.07. The van der Waals surface area contributed by atoms with Crippen molar-refractivity contribution >= 4 is 43.1 Å². The summed E-state index contributed by atoms with van der Waals surface area (Å²) in [6.45, 7) is 0. The van der Waals surface area contributed by atoms with E-state index in [2.05, 4.69) is 66.7 Å². The lowest BCUT2D eigenvalue weighted by Gasteiger charge is -2.18. The van der Waals surface area contributed by atoms with Gasteiger partial charge in [0.1, 0.15) is 0 Å². The second-order valence-corrected chi connectivity index (χ2v) is 10.2. The van der Waals surface area contributed by atoms with E-state index in [4.69, 9.17) is 2.74 Å². The molecule has 8 rings (SSSR count). The highest BCUT2D eigenvalue weighted by molar-refractivity contribution is 6.22. The van der Waals surface area contributed by atoms with Gasteiger partial charge in [-0.05, 0) is 82.5 Å². The number of hydrogen-bond donors (Lipinski definition) is 0. The van der Waals surface area contributed by atoms with E-state index in [1.165, 1.54) is 21.5 Å². The Hall–Kier alpha value is -5.20. The highest BCUT2D eigenvalue weighted by Gasteiger charge is 2.17. The number of hydrogen-bond acceptors (Lipinski definition) is 0. The first-order chi connectivity index (χ1) is 21.5. The van der Waals surface area contributed by atoms with E-state index in [0.29, 0.717) is 16.7 Å². The second kappa shape index (κ2) is 9.22. The predicted molar refractivity (Wildman–Crippen MR) is 173 cm³/mol. The van der Waals surface area contributed by atoms with Crippen LogP contribution in [0.5, 0.6) is 0 Å². The molecule has 0 fully saturated rings. The van der Waals surface area contributed by atoms with E-state index >= 15 is 0 Å². The molecule has 0 saturated heterocycles. The van der Waals surface area contributed by atoms with Crippen LogP contribution >= 0.6 is 0 Å². The maximum atomic E-state index is 9.20. The van der Waals surface area contributed by atoms with Gasteiger partial charge in [-0.25, -0.2) is 0 Å². The summed E-state index contributed by atoms with van der Waals surface area (Å²) in [5, 5.41) is 8.58. The summed E-state index contributed by atoms with van der Waals surface area (Å²) < 4.78 is 36.4. The summed E-state index contributed by atoms with van der Waals surface area (Å²) in [7, 11) is 0. The first kappa shape index (κ1) is 19.0. The van der Waals surface area contributed by atoms with Crippen molar-refractivity contribution in [1.82, 2.24) is 0 Å². The van der Waals surface area contributed by atoms with Gasteiger partial charge in [0.05, 0.1) is 5.48 Å². The van der Waals surface area contributed by atoms with E-state index in [9.17, 15) is 2.74 Å². The topological polar surface area (TPSA) is 0 Å². The molecule has 0 heterocycles. The van der Waals surface area contributed by atoms with Crippen LogP contribution in [-0.2, 0) is 0 Å². The molecule has 0 aliphatic rings. The molecule has 8 aromatic carbocycles. The van der Waals surface area contributed by atoms with E-state index in [1.807, 2.05) is 66.7 Å². The standard InChI is InChI=1S/C40H26/c1-2-10-27(11-3-1)28-18-23-31(24-19-28)39-34-14-6-8-16-36(34)40(37-17-9-7-15-35(37)39)32-25-22-30-21-20-29-12-4-5-13-33(29)38(30)26-32/h1-26H/i18D,19D,23D,24D. The van der Waals surface area contributed by atoms with E-state index < -0.39 is 0 Å². The van der Waals surface area contributed by atoms with Gasteiger partial charge in [0.2, 0.25) is 0 Å². The van der Waals surface area contributed by atoms with Gasteiger partial charge in [0.15, 0.2) is 0 Å². The van der Waals surface area contributed by atoms with Crippen LogP contribution in [0, 0.1) is 0 Å². The van der Waals surface area contributed by atoms with Gasteiger partial charge in [-0.3, -0.25) is 0 Å². The molecule has 0 saturated carbocycles. The Labute approximate surface area is 239 Å². The summed E-state index contributed by atoms with van der Waals surface area (Å²) >= 11 is 0. The van der Waals surface area contributed by atoms with Crippen LogP contribution in [-0.4, -0.2) is 0 Å². The van der Waals surface area contributed by atoms with Crippen molar-refractivity contribution in [3.8, 4) is 33.4 Å². The van der Waals surface area contributed by atoms with Crippen LogP contribution in [0.1, 0.15) is 5.48 Å². The highest BCUT2D eigenvalue weighted by atomic mass is 14.2. The van der Waals surface area contributed by atoms with Gasteiger partial charge < -0.3 is 0 Å².